The number of nitrogens with two attached hydrogens (primary N) is 1. The van der Waals surface area contributed by atoms with Crippen LogP contribution in [0.1, 0.15) is 31.3 Å². The van der Waals surface area contributed by atoms with E-state index in [1.54, 1.807) is 6.07 Å². The van der Waals surface area contributed by atoms with Gasteiger partial charge in [0.05, 0.1) is 13.2 Å². The van der Waals surface area contributed by atoms with Gasteiger partial charge < -0.3 is 20.1 Å². The van der Waals surface area contributed by atoms with Crippen LogP contribution in [-0.2, 0) is 14.3 Å². The van der Waals surface area contributed by atoms with Crippen LogP contribution in [0.3, 0.4) is 0 Å². The summed E-state index contributed by atoms with van der Waals surface area (Å²) in [6.07, 6.45) is 1.72. The Hall–Kier alpha value is -3.01. The van der Waals surface area contributed by atoms with Crippen LogP contribution in [0.4, 0.5) is 4.79 Å². The van der Waals surface area contributed by atoms with Gasteiger partial charge in [0.25, 0.3) is 5.91 Å². The Morgan fingerprint density at radius 1 is 1.39 bits per heavy atom. The zero-order chi connectivity index (χ0) is 20.7. The van der Waals surface area contributed by atoms with Crippen molar-refractivity contribution in [2.45, 2.75) is 32.8 Å². The number of ether oxygens (including phenoxy) is 2. The number of morpholine rings is 1. The zero-order valence-electron chi connectivity index (χ0n) is 16.2. The number of nitrogens with one attached hydrogen (secondary N) is 1. The largest absolute Gasteiger partial charge is 0.475 e. The molecule has 10 nitrogen and oxygen atoms in total. The molecule has 1 saturated heterocycles. The maximum atomic E-state index is 12.2. The van der Waals surface area contributed by atoms with Crippen molar-refractivity contribution in [2.75, 3.05) is 26.3 Å². The summed E-state index contributed by atoms with van der Waals surface area (Å²) in [6, 6.07) is 0.767. The Morgan fingerprint density at radius 2 is 2.14 bits per heavy atom. The number of primary amides is 1. The number of hydrogen-bond donors (Lipinski definition) is 2. The summed E-state index contributed by atoms with van der Waals surface area (Å²) >= 11 is 0. The molecule has 2 rings (SSSR count). The molecule has 3 N–H and O–H groups in total. The first kappa shape index (κ1) is 21.3. The lowest BCUT2D eigenvalue weighted by Gasteiger charge is -2.32. The van der Waals surface area contributed by atoms with Gasteiger partial charge in [-0.1, -0.05) is 13.8 Å². The number of aromatic nitrogens is 2. The number of hydrogen-bond acceptors (Lipinski definition) is 7. The van der Waals surface area contributed by atoms with E-state index in [2.05, 4.69) is 9.97 Å². The molecular weight excluding hydrogens is 366 g/mol. The molecule has 0 aromatic carbocycles. The van der Waals surface area contributed by atoms with Crippen molar-refractivity contribution in [3.63, 3.8) is 0 Å². The third-order valence-electron chi connectivity index (χ3n) is 3.86. The second kappa shape index (κ2) is 9.79. The van der Waals surface area contributed by atoms with E-state index in [9.17, 15) is 14.4 Å². The molecule has 1 aromatic rings. The molecule has 1 fully saturated rings. The third kappa shape index (κ3) is 6.62. The van der Waals surface area contributed by atoms with Crippen molar-refractivity contribution in [1.29, 1.82) is 0 Å². The Bertz CT molecular complexity index is 765. The van der Waals surface area contributed by atoms with Gasteiger partial charge in [0.15, 0.2) is 0 Å². The summed E-state index contributed by atoms with van der Waals surface area (Å²) < 4.78 is 11.4. The number of nitrogens with zero attached hydrogens (tertiary/aromatic N) is 3. The number of carbonyl (C=O) groups is 3. The summed E-state index contributed by atoms with van der Waals surface area (Å²) in [5, 5.41) is 1.85. The minimum atomic E-state index is -0.980. The molecule has 0 bridgehead atoms. The topological polar surface area (TPSA) is 137 Å². The number of amides is 4. The van der Waals surface area contributed by atoms with Crippen LogP contribution >= 0.6 is 0 Å². The van der Waals surface area contributed by atoms with Crippen LogP contribution in [0.2, 0.25) is 0 Å². The Labute approximate surface area is 163 Å². The van der Waals surface area contributed by atoms with Crippen molar-refractivity contribution in [1.82, 2.24) is 20.2 Å². The van der Waals surface area contributed by atoms with Gasteiger partial charge in [-0.15, -0.1) is 0 Å². The van der Waals surface area contributed by atoms with Crippen molar-refractivity contribution in [3.05, 3.63) is 29.7 Å². The highest BCUT2D eigenvalue weighted by molar-refractivity contribution is 6.03. The maximum Gasteiger partial charge on any atom is 0.319 e. The van der Waals surface area contributed by atoms with Gasteiger partial charge in [-0.3, -0.25) is 14.9 Å². The number of rotatable bonds is 6. The quantitative estimate of drug-likeness (QED) is 0.664. The van der Waals surface area contributed by atoms with Gasteiger partial charge >= 0.3 is 6.03 Å². The SMILES string of the molecule is Cc1cc(OCC2CN(C(=O)/C=C/C(=O)NC(N)=O)CCO2)nc(C(C)C)n1. The third-order valence-corrected chi connectivity index (χ3v) is 3.86. The molecule has 1 atom stereocenters. The number of aryl methyl sites for hydroxylation is 1. The average Bonchev–Trinajstić information content (AvgIpc) is 2.63. The summed E-state index contributed by atoms with van der Waals surface area (Å²) in [6.45, 7) is 7.15. The molecule has 28 heavy (non-hydrogen) atoms. The molecule has 1 unspecified atom stereocenters. The van der Waals surface area contributed by atoms with E-state index >= 15 is 0 Å². The maximum absolute atomic E-state index is 12.2. The van der Waals surface area contributed by atoms with Gasteiger partial charge in [0.2, 0.25) is 11.8 Å². The number of imide groups is 1. The highest BCUT2D eigenvalue weighted by Crippen LogP contribution is 2.16. The summed E-state index contributed by atoms with van der Waals surface area (Å²) in [4.78, 5) is 44.4. The molecule has 0 aliphatic carbocycles. The van der Waals surface area contributed by atoms with Crippen LogP contribution in [0.25, 0.3) is 0 Å². The fraction of sp³-hybridized carbons (Fsp3) is 0.500. The molecule has 1 aliphatic rings. The van der Waals surface area contributed by atoms with E-state index in [0.29, 0.717) is 31.4 Å². The smallest absolute Gasteiger partial charge is 0.319 e. The summed E-state index contributed by atoms with van der Waals surface area (Å²) in [5.74, 6) is 0.226. The van der Waals surface area contributed by atoms with Gasteiger partial charge in [0, 0.05) is 36.4 Å². The molecule has 0 spiro atoms. The second-order valence-corrected chi connectivity index (χ2v) is 6.64. The molecule has 2 heterocycles. The van der Waals surface area contributed by atoms with E-state index in [-0.39, 0.29) is 24.5 Å². The van der Waals surface area contributed by atoms with Crippen molar-refractivity contribution in [3.8, 4) is 5.88 Å². The molecule has 0 saturated carbocycles. The Kier molecular flexibility index (Phi) is 7.44. The first-order chi connectivity index (χ1) is 13.2. The van der Waals surface area contributed by atoms with Crippen molar-refractivity contribution in [2.24, 2.45) is 5.73 Å². The van der Waals surface area contributed by atoms with Crippen LogP contribution in [0.15, 0.2) is 18.2 Å². The molecular formula is C18H25N5O5. The van der Waals surface area contributed by atoms with Crippen molar-refractivity contribution >= 4 is 17.8 Å². The van der Waals surface area contributed by atoms with E-state index in [1.807, 2.05) is 26.1 Å². The van der Waals surface area contributed by atoms with Crippen LogP contribution in [0, 0.1) is 6.92 Å². The summed E-state index contributed by atoms with van der Waals surface area (Å²) in [5.41, 5.74) is 5.65. The lowest BCUT2D eigenvalue weighted by molar-refractivity contribution is -0.134. The number of urea groups is 1. The van der Waals surface area contributed by atoms with E-state index < -0.39 is 11.9 Å². The zero-order valence-corrected chi connectivity index (χ0v) is 16.2. The van der Waals surface area contributed by atoms with Crippen LogP contribution in [-0.4, -0.2) is 65.1 Å². The fourth-order valence-corrected chi connectivity index (χ4v) is 2.51. The molecule has 1 aromatic heterocycles. The van der Waals surface area contributed by atoms with E-state index in [1.165, 1.54) is 4.90 Å². The van der Waals surface area contributed by atoms with Gasteiger partial charge in [-0.05, 0) is 6.92 Å². The van der Waals surface area contributed by atoms with E-state index in [4.69, 9.17) is 15.2 Å². The van der Waals surface area contributed by atoms with Crippen molar-refractivity contribution < 1.29 is 23.9 Å². The highest BCUT2D eigenvalue weighted by atomic mass is 16.5. The first-order valence-corrected chi connectivity index (χ1v) is 8.92. The lowest BCUT2D eigenvalue weighted by Crippen LogP contribution is -2.47. The first-order valence-electron chi connectivity index (χ1n) is 8.92. The summed E-state index contributed by atoms with van der Waals surface area (Å²) in [7, 11) is 0. The Balaban J connectivity index is 1.89. The molecule has 4 amide bonds. The minimum Gasteiger partial charge on any atom is -0.475 e. The average molecular weight is 391 g/mol. The fourth-order valence-electron chi connectivity index (χ4n) is 2.51. The monoisotopic (exact) mass is 391 g/mol. The van der Waals surface area contributed by atoms with E-state index in [0.717, 1.165) is 17.8 Å². The lowest BCUT2D eigenvalue weighted by atomic mass is 10.2. The van der Waals surface area contributed by atoms with Crippen LogP contribution < -0.4 is 15.8 Å². The molecule has 152 valence electrons. The standard InChI is InChI=1S/C18H25N5O5/c1-11(2)17-20-12(3)8-15(22-17)28-10-13-9-23(6-7-27-13)16(25)5-4-14(24)21-18(19)26/h4-5,8,11,13H,6-7,9-10H2,1-3H3,(H3,19,21,24,26)/b5-4+. The highest BCUT2D eigenvalue weighted by Gasteiger charge is 2.24. The minimum absolute atomic E-state index is 0.180. The number of carbonyl (C=O) groups excluding carboxylic acids is 3. The molecule has 0 radical (unpaired) electrons. The predicted octanol–water partition coefficient (Wildman–Crippen LogP) is 0.266. The van der Waals surface area contributed by atoms with Gasteiger partial charge in [-0.2, -0.15) is 4.98 Å². The molecule has 10 heteroatoms. The molecule has 1 aliphatic heterocycles. The predicted molar refractivity (Wildman–Crippen MR) is 99.5 cm³/mol. The second-order valence-electron chi connectivity index (χ2n) is 6.64. The van der Waals surface area contributed by atoms with Gasteiger partial charge in [-0.25, -0.2) is 9.78 Å². The van der Waals surface area contributed by atoms with Crippen LogP contribution in [0.5, 0.6) is 5.88 Å². The Morgan fingerprint density at radius 3 is 2.82 bits per heavy atom. The van der Waals surface area contributed by atoms with Gasteiger partial charge in [0.1, 0.15) is 18.5 Å². The normalized spacial score (nSPS) is 17.0.